The van der Waals surface area contributed by atoms with E-state index in [1.54, 1.807) is 20.4 Å². The maximum Gasteiger partial charge on any atom is 0.213 e. The molecule has 1 aromatic carbocycles. The summed E-state index contributed by atoms with van der Waals surface area (Å²) in [6.45, 7) is 4.40. The largest absolute Gasteiger partial charge is 0.496 e. The minimum absolute atomic E-state index is 0. The molecule has 1 aromatic heterocycles. The fourth-order valence-corrected chi connectivity index (χ4v) is 4.16. The molecule has 4 rings (SSSR count). The highest BCUT2D eigenvalue weighted by Gasteiger charge is 2.26. The van der Waals surface area contributed by atoms with Gasteiger partial charge in [-0.25, -0.2) is 4.98 Å². The van der Waals surface area contributed by atoms with Crippen molar-refractivity contribution in [3.05, 3.63) is 53.7 Å². The zero-order chi connectivity index (χ0) is 22.2. The first-order valence-electron chi connectivity index (χ1n) is 11.7. The second-order valence-corrected chi connectivity index (χ2v) is 8.56. The van der Waals surface area contributed by atoms with E-state index in [0.717, 1.165) is 43.5 Å². The van der Waals surface area contributed by atoms with E-state index < -0.39 is 0 Å². The Morgan fingerprint density at radius 1 is 1.18 bits per heavy atom. The van der Waals surface area contributed by atoms with E-state index in [0.29, 0.717) is 18.3 Å². The topological polar surface area (TPSA) is 71.0 Å². The van der Waals surface area contributed by atoms with Crippen molar-refractivity contribution in [2.45, 2.75) is 38.3 Å². The summed E-state index contributed by atoms with van der Waals surface area (Å²) in [5.41, 5.74) is 2.33. The number of hydrogen-bond acceptors (Lipinski definition) is 5. The molecular formula is C25H36IN5O2. The van der Waals surface area contributed by atoms with Gasteiger partial charge in [-0.1, -0.05) is 18.2 Å². The summed E-state index contributed by atoms with van der Waals surface area (Å²) in [4.78, 5) is 11.3. The van der Waals surface area contributed by atoms with Crippen LogP contribution in [0.25, 0.3) is 0 Å². The second kappa shape index (κ2) is 13.0. The van der Waals surface area contributed by atoms with Crippen LogP contribution in [-0.4, -0.2) is 56.2 Å². The normalized spacial score (nSPS) is 17.2. The van der Waals surface area contributed by atoms with Gasteiger partial charge in [0.2, 0.25) is 5.88 Å². The maximum absolute atomic E-state index is 5.81. The Hall–Kier alpha value is -2.07. The maximum atomic E-state index is 5.81. The highest BCUT2D eigenvalue weighted by atomic mass is 127. The fraction of sp³-hybridized carbons (Fsp3) is 0.520. The number of guanidine groups is 1. The molecule has 1 aliphatic carbocycles. The first-order valence-corrected chi connectivity index (χ1v) is 11.7. The second-order valence-electron chi connectivity index (χ2n) is 8.56. The van der Waals surface area contributed by atoms with Crippen molar-refractivity contribution in [1.82, 2.24) is 20.5 Å². The molecule has 2 fully saturated rings. The number of aromatic nitrogens is 1. The molecule has 2 aromatic rings. The van der Waals surface area contributed by atoms with Gasteiger partial charge < -0.3 is 20.1 Å². The van der Waals surface area contributed by atoms with Crippen LogP contribution in [0.1, 0.15) is 42.9 Å². The van der Waals surface area contributed by atoms with E-state index in [1.165, 1.54) is 31.2 Å². The van der Waals surface area contributed by atoms with Gasteiger partial charge in [0.15, 0.2) is 5.96 Å². The molecule has 1 unspecified atom stereocenters. The minimum atomic E-state index is 0. The third-order valence-corrected chi connectivity index (χ3v) is 6.19. The van der Waals surface area contributed by atoms with Gasteiger partial charge in [0, 0.05) is 38.0 Å². The monoisotopic (exact) mass is 565 g/mol. The van der Waals surface area contributed by atoms with Gasteiger partial charge in [-0.15, -0.1) is 24.0 Å². The number of nitrogens with zero attached hydrogens (tertiary/aromatic N) is 3. The Kier molecular flexibility index (Phi) is 10.1. The lowest BCUT2D eigenvalue weighted by Crippen LogP contribution is -2.42. The van der Waals surface area contributed by atoms with Crippen molar-refractivity contribution in [2.75, 3.05) is 40.4 Å². The first kappa shape index (κ1) is 25.6. The number of nitrogens with one attached hydrogen (secondary N) is 2. The predicted octanol–water partition coefficient (Wildman–Crippen LogP) is 4.00. The third-order valence-electron chi connectivity index (χ3n) is 6.19. The Morgan fingerprint density at radius 2 is 1.97 bits per heavy atom. The number of benzene rings is 1. The van der Waals surface area contributed by atoms with E-state index in [1.807, 2.05) is 24.3 Å². The number of pyridine rings is 1. The van der Waals surface area contributed by atoms with Crippen LogP contribution in [0.15, 0.2) is 47.6 Å². The SMILES string of the molecule is CN=C(NCc1ccnc(OCC2CC2)c1)NCC(c1ccccc1OC)N1CCCC1.I. The Labute approximate surface area is 214 Å². The van der Waals surface area contributed by atoms with Crippen molar-refractivity contribution in [2.24, 2.45) is 10.9 Å². The average Bonchev–Trinajstić information content (AvgIpc) is 3.52. The number of rotatable bonds is 10. The van der Waals surface area contributed by atoms with Crippen LogP contribution in [0, 0.1) is 5.92 Å². The minimum Gasteiger partial charge on any atom is -0.496 e. The molecular weight excluding hydrogens is 529 g/mol. The van der Waals surface area contributed by atoms with Crippen LogP contribution in [0.3, 0.4) is 0 Å². The first-order chi connectivity index (χ1) is 15.8. The lowest BCUT2D eigenvalue weighted by molar-refractivity contribution is 0.239. The van der Waals surface area contributed by atoms with Crippen LogP contribution < -0.4 is 20.1 Å². The van der Waals surface area contributed by atoms with E-state index in [2.05, 4.69) is 37.6 Å². The van der Waals surface area contributed by atoms with Gasteiger partial charge in [0.1, 0.15) is 5.75 Å². The molecule has 1 saturated carbocycles. The highest BCUT2D eigenvalue weighted by molar-refractivity contribution is 14.0. The van der Waals surface area contributed by atoms with Crippen molar-refractivity contribution in [1.29, 1.82) is 0 Å². The van der Waals surface area contributed by atoms with E-state index in [9.17, 15) is 0 Å². The number of ether oxygens (including phenoxy) is 2. The van der Waals surface area contributed by atoms with Gasteiger partial charge in [-0.3, -0.25) is 9.89 Å². The predicted molar refractivity (Wildman–Crippen MR) is 143 cm³/mol. The molecule has 1 aliphatic heterocycles. The van der Waals surface area contributed by atoms with Crippen LogP contribution in [0.4, 0.5) is 0 Å². The van der Waals surface area contributed by atoms with Crippen LogP contribution in [0.5, 0.6) is 11.6 Å². The Morgan fingerprint density at radius 3 is 2.70 bits per heavy atom. The van der Waals surface area contributed by atoms with Gasteiger partial charge in [-0.2, -0.15) is 0 Å². The molecule has 0 radical (unpaired) electrons. The van der Waals surface area contributed by atoms with Crippen LogP contribution in [-0.2, 0) is 6.54 Å². The van der Waals surface area contributed by atoms with Crippen molar-refractivity contribution >= 4 is 29.9 Å². The van der Waals surface area contributed by atoms with Crippen molar-refractivity contribution in [3.8, 4) is 11.6 Å². The van der Waals surface area contributed by atoms with Gasteiger partial charge >= 0.3 is 0 Å². The summed E-state index contributed by atoms with van der Waals surface area (Å²) in [7, 11) is 3.55. The van der Waals surface area contributed by atoms with Crippen LogP contribution in [0.2, 0.25) is 0 Å². The average molecular weight is 566 g/mol. The fourth-order valence-electron chi connectivity index (χ4n) is 4.16. The number of methoxy groups -OCH3 is 1. The Balaban J connectivity index is 0.00000306. The van der Waals surface area contributed by atoms with E-state index in [-0.39, 0.29) is 30.0 Å². The molecule has 0 bridgehead atoms. The molecule has 0 amide bonds. The van der Waals surface area contributed by atoms with Crippen molar-refractivity contribution in [3.63, 3.8) is 0 Å². The summed E-state index contributed by atoms with van der Waals surface area (Å²) in [5.74, 6) is 3.13. The summed E-state index contributed by atoms with van der Waals surface area (Å²) < 4.78 is 11.5. The summed E-state index contributed by atoms with van der Waals surface area (Å²) in [6.07, 6.45) is 6.84. The number of halogens is 1. The van der Waals surface area contributed by atoms with Gasteiger partial charge in [0.25, 0.3) is 0 Å². The van der Waals surface area contributed by atoms with Gasteiger partial charge in [-0.05, 0) is 62.4 Å². The molecule has 8 heteroatoms. The van der Waals surface area contributed by atoms with E-state index >= 15 is 0 Å². The molecule has 0 spiro atoms. The van der Waals surface area contributed by atoms with Crippen LogP contribution >= 0.6 is 24.0 Å². The Bertz CT molecular complexity index is 900. The highest BCUT2D eigenvalue weighted by Crippen LogP contribution is 2.31. The number of aliphatic imine (C=N–C) groups is 1. The zero-order valence-electron chi connectivity index (χ0n) is 19.6. The smallest absolute Gasteiger partial charge is 0.213 e. The summed E-state index contributed by atoms with van der Waals surface area (Å²) in [5, 5.41) is 6.95. The van der Waals surface area contributed by atoms with Gasteiger partial charge in [0.05, 0.1) is 19.8 Å². The third kappa shape index (κ3) is 7.46. The lowest BCUT2D eigenvalue weighted by Gasteiger charge is -2.30. The molecule has 1 atom stereocenters. The number of hydrogen-bond donors (Lipinski definition) is 2. The zero-order valence-corrected chi connectivity index (χ0v) is 22.0. The van der Waals surface area contributed by atoms with E-state index in [4.69, 9.17) is 9.47 Å². The quantitative estimate of drug-likeness (QED) is 0.258. The molecule has 2 heterocycles. The molecule has 33 heavy (non-hydrogen) atoms. The summed E-state index contributed by atoms with van der Waals surface area (Å²) >= 11 is 0. The molecule has 180 valence electrons. The molecule has 2 N–H and O–H groups in total. The number of likely N-dealkylation sites (tertiary alicyclic amines) is 1. The molecule has 1 saturated heterocycles. The molecule has 2 aliphatic rings. The summed E-state index contributed by atoms with van der Waals surface area (Å²) in [6, 6.07) is 12.6. The lowest BCUT2D eigenvalue weighted by atomic mass is 10.0. The number of para-hydroxylation sites is 1. The molecule has 7 nitrogen and oxygen atoms in total. The standard InChI is InChI=1S/C25H35N5O2.HI/c1-26-25(28-16-20-11-12-27-24(15-20)32-18-19-9-10-19)29-17-22(30-13-5-6-14-30)21-7-3-4-8-23(21)31-2;/h3-4,7-8,11-12,15,19,22H,5-6,9-10,13-14,16-18H2,1-2H3,(H2,26,28,29);1H. The van der Waals surface area contributed by atoms with Crippen molar-refractivity contribution < 1.29 is 9.47 Å².